The predicted octanol–water partition coefficient (Wildman–Crippen LogP) is 1.41. The minimum atomic E-state index is -0.291. The molecule has 0 aliphatic carbocycles. The van der Waals surface area contributed by atoms with E-state index >= 15 is 0 Å². The Kier molecular flexibility index (Phi) is 4.92. The van der Waals surface area contributed by atoms with Crippen LogP contribution in [0.3, 0.4) is 0 Å². The number of rotatable bonds is 4. The van der Waals surface area contributed by atoms with Crippen molar-refractivity contribution in [2.24, 2.45) is 0 Å². The lowest BCUT2D eigenvalue weighted by atomic mass is 10.1. The number of aryl methyl sites for hydroxylation is 1. The maximum Gasteiger partial charge on any atom is 0.295 e. The summed E-state index contributed by atoms with van der Waals surface area (Å²) < 4.78 is 0. The van der Waals surface area contributed by atoms with Crippen LogP contribution in [-0.4, -0.2) is 54.3 Å². The summed E-state index contributed by atoms with van der Waals surface area (Å²) in [6, 6.07) is 5.47. The summed E-state index contributed by atoms with van der Waals surface area (Å²) >= 11 is 0. The molecule has 110 valence electrons. The normalized spacial score (nSPS) is 17.0. The molecule has 0 bridgehead atoms. The summed E-state index contributed by atoms with van der Waals surface area (Å²) in [6.07, 6.45) is 0.950. The summed E-state index contributed by atoms with van der Waals surface area (Å²) in [5.74, 6) is 0. The van der Waals surface area contributed by atoms with Crippen molar-refractivity contribution in [1.82, 2.24) is 4.90 Å². The first-order chi connectivity index (χ1) is 9.63. The number of benzene rings is 1. The van der Waals surface area contributed by atoms with E-state index in [1.54, 1.807) is 13.0 Å². The van der Waals surface area contributed by atoms with Gasteiger partial charge in [-0.15, -0.1) is 0 Å². The van der Waals surface area contributed by atoms with Gasteiger partial charge in [-0.2, -0.15) is 0 Å². The number of hydrogen-bond acceptors (Lipinski definition) is 5. The smallest absolute Gasteiger partial charge is 0.295 e. The maximum absolute atomic E-state index is 11.3. The van der Waals surface area contributed by atoms with Gasteiger partial charge < -0.3 is 10.0 Å². The van der Waals surface area contributed by atoms with Crippen LogP contribution in [0.4, 0.5) is 11.4 Å². The van der Waals surface area contributed by atoms with Gasteiger partial charge in [-0.1, -0.05) is 12.1 Å². The molecular weight excluding hydrogens is 258 g/mol. The van der Waals surface area contributed by atoms with Crippen molar-refractivity contribution in [1.29, 1.82) is 0 Å². The van der Waals surface area contributed by atoms with Gasteiger partial charge in [0.25, 0.3) is 5.69 Å². The van der Waals surface area contributed by atoms with E-state index in [1.165, 1.54) is 0 Å². The Morgan fingerprint density at radius 3 is 2.80 bits per heavy atom. The van der Waals surface area contributed by atoms with Crippen molar-refractivity contribution in [2.45, 2.75) is 13.3 Å². The molecule has 0 atom stereocenters. The number of para-hydroxylation sites is 1. The number of anilines is 1. The Morgan fingerprint density at radius 1 is 1.30 bits per heavy atom. The van der Waals surface area contributed by atoms with Gasteiger partial charge in [0.05, 0.1) is 11.5 Å². The lowest BCUT2D eigenvalue weighted by Gasteiger charge is -2.23. The molecule has 1 aromatic carbocycles. The highest BCUT2D eigenvalue weighted by molar-refractivity contribution is 5.66. The van der Waals surface area contributed by atoms with Crippen LogP contribution in [0.25, 0.3) is 0 Å². The average Bonchev–Trinajstić information content (AvgIpc) is 2.64. The van der Waals surface area contributed by atoms with E-state index in [0.29, 0.717) is 17.8 Å². The molecule has 2 rings (SSSR count). The lowest BCUT2D eigenvalue weighted by Crippen LogP contribution is -2.32. The minimum Gasteiger partial charge on any atom is -0.395 e. The van der Waals surface area contributed by atoms with Gasteiger partial charge in [0.1, 0.15) is 5.69 Å². The third-order valence-electron chi connectivity index (χ3n) is 3.74. The molecule has 0 radical (unpaired) electrons. The van der Waals surface area contributed by atoms with Crippen LogP contribution >= 0.6 is 0 Å². The second-order valence-electron chi connectivity index (χ2n) is 5.11. The number of β-amino-alcohol motifs (C(OH)–C–C–N with tert-alkyl or cyclic N) is 1. The van der Waals surface area contributed by atoms with E-state index in [1.807, 2.05) is 12.1 Å². The van der Waals surface area contributed by atoms with Gasteiger partial charge >= 0.3 is 0 Å². The summed E-state index contributed by atoms with van der Waals surface area (Å²) in [5, 5.41) is 20.3. The molecule has 1 aromatic rings. The quantitative estimate of drug-likeness (QED) is 0.666. The second kappa shape index (κ2) is 6.67. The molecule has 1 aliphatic heterocycles. The van der Waals surface area contributed by atoms with Gasteiger partial charge in [0.15, 0.2) is 0 Å². The molecule has 20 heavy (non-hydrogen) atoms. The fourth-order valence-electron chi connectivity index (χ4n) is 2.71. The fourth-order valence-corrected chi connectivity index (χ4v) is 2.71. The van der Waals surface area contributed by atoms with Gasteiger partial charge in [0, 0.05) is 31.7 Å². The van der Waals surface area contributed by atoms with E-state index in [9.17, 15) is 10.1 Å². The molecule has 0 aromatic heterocycles. The maximum atomic E-state index is 11.3. The second-order valence-corrected chi connectivity index (χ2v) is 5.11. The molecule has 1 heterocycles. The van der Waals surface area contributed by atoms with Crippen LogP contribution in [0, 0.1) is 17.0 Å². The molecule has 1 aliphatic rings. The standard InChI is InChI=1S/C14H21N3O3/c1-12-4-2-5-13(14(12)17(19)20)16-7-3-6-15(8-9-16)10-11-18/h2,4-5,18H,3,6-11H2,1H3. The van der Waals surface area contributed by atoms with Crippen LogP contribution in [0.1, 0.15) is 12.0 Å². The monoisotopic (exact) mass is 279 g/mol. The lowest BCUT2D eigenvalue weighted by molar-refractivity contribution is -0.384. The molecule has 6 nitrogen and oxygen atoms in total. The highest BCUT2D eigenvalue weighted by Gasteiger charge is 2.23. The average molecular weight is 279 g/mol. The van der Waals surface area contributed by atoms with Crippen molar-refractivity contribution >= 4 is 11.4 Å². The topological polar surface area (TPSA) is 69.8 Å². The zero-order valence-electron chi connectivity index (χ0n) is 11.8. The van der Waals surface area contributed by atoms with E-state index < -0.39 is 0 Å². The number of nitro benzene ring substituents is 1. The van der Waals surface area contributed by atoms with Crippen molar-refractivity contribution in [3.05, 3.63) is 33.9 Å². The van der Waals surface area contributed by atoms with Crippen LogP contribution in [0.2, 0.25) is 0 Å². The Hall–Kier alpha value is -1.66. The number of nitrogens with zero attached hydrogens (tertiary/aromatic N) is 3. The van der Waals surface area contributed by atoms with E-state index in [4.69, 9.17) is 5.11 Å². The zero-order valence-corrected chi connectivity index (χ0v) is 11.8. The fraction of sp³-hybridized carbons (Fsp3) is 0.571. The van der Waals surface area contributed by atoms with Crippen molar-refractivity contribution in [3.63, 3.8) is 0 Å². The molecule has 0 spiro atoms. The van der Waals surface area contributed by atoms with E-state index in [-0.39, 0.29) is 17.2 Å². The molecule has 0 unspecified atom stereocenters. The number of nitro groups is 1. The number of hydrogen-bond donors (Lipinski definition) is 1. The largest absolute Gasteiger partial charge is 0.395 e. The summed E-state index contributed by atoms with van der Waals surface area (Å²) in [7, 11) is 0. The molecule has 1 fully saturated rings. The van der Waals surface area contributed by atoms with Crippen LogP contribution in [-0.2, 0) is 0 Å². The molecular formula is C14H21N3O3. The molecule has 1 N–H and O–H groups in total. The third-order valence-corrected chi connectivity index (χ3v) is 3.74. The molecule has 0 saturated carbocycles. The predicted molar refractivity (Wildman–Crippen MR) is 78.2 cm³/mol. The van der Waals surface area contributed by atoms with Crippen LogP contribution < -0.4 is 4.90 Å². The van der Waals surface area contributed by atoms with E-state index in [2.05, 4.69) is 9.80 Å². The van der Waals surface area contributed by atoms with Crippen molar-refractivity contribution < 1.29 is 10.0 Å². The summed E-state index contributed by atoms with van der Waals surface area (Å²) in [5.41, 5.74) is 1.62. The highest BCUT2D eigenvalue weighted by Crippen LogP contribution is 2.31. The van der Waals surface area contributed by atoms with E-state index in [0.717, 1.165) is 32.6 Å². The number of aliphatic hydroxyl groups is 1. The van der Waals surface area contributed by atoms with Gasteiger partial charge in [-0.3, -0.25) is 15.0 Å². The Morgan fingerprint density at radius 2 is 2.10 bits per heavy atom. The minimum absolute atomic E-state index is 0.157. The Labute approximate surface area is 118 Å². The van der Waals surface area contributed by atoms with Crippen LogP contribution in [0.5, 0.6) is 0 Å². The molecule has 6 heteroatoms. The van der Waals surface area contributed by atoms with Crippen molar-refractivity contribution in [2.75, 3.05) is 44.2 Å². The third kappa shape index (κ3) is 3.26. The summed E-state index contributed by atoms with van der Waals surface area (Å²) in [6.45, 7) is 5.92. The summed E-state index contributed by atoms with van der Waals surface area (Å²) in [4.78, 5) is 15.3. The first kappa shape index (κ1) is 14.7. The Bertz CT molecular complexity index is 479. The highest BCUT2D eigenvalue weighted by atomic mass is 16.6. The first-order valence-electron chi connectivity index (χ1n) is 6.95. The van der Waals surface area contributed by atoms with Gasteiger partial charge in [0.2, 0.25) is 0 Å². The Balaban J connectivity index is 2.20. The molecule has 1 saturated heterocycles. The SMILES string of the molecule is Cc1cccc(N2CCCN(CCO)CC2)c1[N+](=O)[O-]. The van der Waals surface area contributed by atoms with Crippen molar-refractivity contribution in [3.8, 4) is 0 Å². The van der Waals surface area contributed by atoms with Crippen LogP contribution in [0.15, 0.2) is 18.2 Å². The number of aliphatic hydroxyl groups excluding tert-OH is 1. The first-order valence-corrected chi connectivity index (χ1v) is 6.95. The zero-order chi connectivity index (χ0) is 14.5. The van der Waals surface area contributed by atoms with Gasteiger partial charge in [-0.25, -0.2) is 0 Å². The molecule has 0 amide bonds. The van der Waals surface area contributed by atoms with Gasteiger partial charge in [-0.05, 0) is 26.0 Å².